The van der Waals surface area contributed by atoms with Crippen molar-refractivity contribution in [2.45, 2.75) is 0 Å². The molecule has 0 spiro atoms. The van der Waals surface area contributed by atoms with Gasteiger partial charge in [-0.25, -0.2) is 0 Å². The van der Waals surface area contributed by atoms with Gasteiger partial charge in [-0.2, -0.15) is 0 Å². The molecule has 0 atom stereocenters. The number of carbonyl (C=O) groups is 1. The van der Waals surface area contributed by atoms with Gasteiger partial charge in [-0.3, -0.25) is 4.79 Å². The summed E-state index contributed by atoms with van der Waals surface area (Å²) in [5.41, 5.74) is 0.998. The van der Waals surface area contributed by atoms with Crippen molar-refractivity contribution >= 4 is 27.9 Å². The summed E-state index contributed by atoms with van der Waals surface area (Å²) in [6.07, 6.45) is 3.30. The van der Waals surface area contributed by atoms with Gasteiger partial charge >= 0.3 is 0 Å². The summed E-state index contributed by atoms with van der Waals surface area (Å²) < 4.78 is 6.50. The van der Waals surface area contributed by atoms with Crippen LogP contribution in [0.15, 0.2) is 65.1 Å². The highest BCUT2D eigenvalue weighted by molar-refractivity contribution is 9.10. The Bertz CT molecular complexity index is 611. The molecule has 1 N–H and O–H groups in total. The number of hydrogen-bond donors (Lipinski definition) is 1. The molecule has 0 fully saturated rings. The fourth-order valence-electron chi connectivity index (χ4n) is 1.69. The van der Waals surface area contributed by atoms with Gasteiger partial charge in [0.1, 0.15) is 12.4 Å². The van der Waals surface area contributed by atoms with Crippen LogP contribution < -0.4 is 10.1 Å². The molecule has 0 bridgehead atoms. The van der Waals surface area contributed by atoms with Crippen molar-refractivity contribution in [2.24, 2.45) is 0 Å². The largest absolute Gasteiger partial charge is 0.492 e. The Labute approximate surface area is 132 Å². The molecule has 0 heterocycles. The Morgan fingerprint density at radius 3 is 2.71 bits per heavy atom. The number of carbonyl (C=O) groups excluding carboxylic acids is 1. The molecule has 21 heavy (non-hydrogen) atoms. The highest BCUT2D eigenvalue weighted by Crippen LogP contribution is 2.17. The lowest BCUT2D eigenvalue weighted by molar-refractivity contribution is -0.116. The summed E-state index contributed by atoms with van der Waals surface area (Å²) in [6.45, 7) is 0.895. The van der Waals surface area contributed by atoms with E-state index in [9.17, 15) is 4.79 Å². The summed E-state index contributed by atoms with van der Waals surface area (Å²) in [5.74, 6) is 0.648. The molecule has 0 aliphatic carbocycles. The van der Waals surface area contributed by atoms with Gasteiger partial charge in [0.05, 0.1) is 6.54 Å². The second kappa shape index (κ2) is 8.27. The van der Waals surface area contributed by atoms with E-state index in [1.54, 1.807) is 6.08 Å². The Kier molecular flexibility index (Phi) is 6.03. The van der Waals surface area contributed by atoms with Crippen molar-refractivity contribution in [3.63, 3.8) is 0 Å². The molecule has 0 aromatic heterocycles. The lowest BCUT2D eigenvalue weighted by Gasteiger charge is -2.06. The molecule has 2 aromatic rings. The lowest BCUT2D eigenvalue weighted by Crippen LogP contribution is -2.26. The molecular formula is C17H16BrNO2. The van der Waals surface area contributed by atoms with Crippen molar-refractivity contribution in [1.82, 2.24) is 5.32 Å². The first-order valence-corrected chi connectivity index (χ1v) is 7.43. The van der Waals surface area contributed by atoms with Crippen molar-refractivity contribution in [3.8, 4) is 5.75 Å². The van der Waals surface area contributed by atoms with Crippen molar-refractivity contribution in [1.29, 1.82) is 0 Å². The summed E-state index contributed by atoms with van der Waals surface area (Å²) >= 11 is 3.38. The Morgan fingerprint density at radius 2 is 1.95 bits per heavy atom. The van der Waals surface area contributed by atoms with E-state index in [1.165, 1.54) is 6.08 Å². The molecule has 1 amide bonds. The standard InChI is InChI=1S/C17H16BrNO2/c18-15-7-4-8-16(13-15)21-12-11-19-17(20)10-9-14-5-2-1-3-6-14/h1-10,13H,11-12H2,(H,19,20)/b10-9+. The van der Waals surface area contributed by atoms with E-state index >= 15 is 0 Å². The maximum absolute atomic E-state index is 11.6. The molecule has 0 radical (unpaired) electrons. The van der Waals surface area contributed by atoms with Crippen LogP contribution in [0.2, 0.25) is 0 Å². The SMILES string of the molecule is O=C(/C=C/c1ccccc1)NCCOc1cccc(Br)c1. The first-order chi connectivity index (χ1) is 10.2. The number of rotatable bonds is 6. The average molecular weight is 346 g/mol. The number of amides is 1. The van der Waals surface area contributed by atoms with Crippen LogP contribution in [0.5, 0.6) is 5.75 Å². The minimum absolute atomic E-state index is 0.128. The van der Waals surface area contributed by atoms with Crippen LogP contribution in [-0.2, 0) is 4.79 Å². The van der Waals surface area contributed by atoms with E-state index in [2.05, 4.69) is 21.2 Å². The molecule has 3 nitrogen and oxygen atoms in total. The van der Waals surface area contributed by atoms with Crippen LogP contribution in [0.3, 0.4) is 0 Å². The smallest absolute Gasteiger partial charge is 0.244 e. The molecule has 0 aliphatic rings. The second-order valence-corrected chi connectivity index (χ2v) is 5.26. The zero-order valence-corrected chi connectivity index (χ0v) is 13.0. The zero-order chi connectivity index (χ0) is 14.9. The highest BCUT2D eigenvalue weighted by atomic mass is 79.9. The lowest BCUT2D eigenvalue weighted by atomic mass is 10.2. The summed E-state index contributed by atoms with van der Waals surface area (Å²) in [5, 5.41) is 2.78. The van der Waals surface area contributed by atoms with Crippen LogP contribution in [0.1, 0.15) is 5.56 Å². The van der Waals surface area contributed by atoms with Gasteiger partial charge in [0.15, 0.2) is 0 Å². The van der Waals surface area contributed by atoms with Crippen molar-refractivity contribution in [3.05, 3.63) is 70.7 Å². The molecule has 0 saturated heterocycles. The fourth-order valence-corrected chi connectivity index (χ4v) is 2.07. The predicted octanol–water partition coefficient (Wildman–Crippen LogP) is 3.66. The number of halogens is 1. The topological polar surface area (TPSA) is 38.3 Å². The monoisotopic (exact) mass is 345 g/mol. The Hall–Kier alpha value is -2.07. The van der Waals surface area contributed by atoms with E-state index in [4.69, 9.17) is 4.74 Å². The van der Waals surface area contributed by atoms with Gasteiger partial charge in [0.25, 0.3) is 0 Å². The zero-order valence-electron chi connectivity index (χ0n) is 11.5. The molecular weight excluding hydrogens is 330 g/mol. The van der Waals surface area contributed by atoms with E-state index in [-0.39, 0.29) is 5.91 Å². The first-order valence-electron chi connectivity index (χ1n) is 6.63. The Morgan fingerprint density at radius 1 is 1.14 bits per heavy atom. The maximum atomic E-state index is 11.6. The van der Waals surface area contributed by atoms with Gasteiger partial charge < -0.3 is 10.1 Å². The molecule has 108 valence electrons. The van der Waals surface area contributed by atoms with Gasteiger partial charge in [-0.1, -0.05) is 52.3 Å². The fraction of sp³-hybridized carbons (Fsp3) is 0.118. The third kappa shape index (κ3) is 5.83. The number of benzene rings is 2. The number of nitrogens with one attached hydrogen (secondary N) is 1. The molecule has 0 unspecified atom stereocenters. The van der Waals surface area contributed by atoms with Crippen LogP contribution >= 0.6 is 15.9 Å². The minimum Gasteiger partial charge on any atom is -0.492 e. The Balaban J connectivity index is 1.69. The molecule has 0 aliphatic heterocycles. The summed E-state index contributed by atoms with van der Waals surface area (Å²) in [7, 11) is 0. The molecule has 2 rings (SSSR count). The van der Waals surface area contributed by atoms with E-state index < -0.39 is 0 Å². The van der Waals surface area contributed by atoms with Crippen LogP contribution in [0.4, 0.5) is 0 Å². The predicted molar refractivity (Wildman–Crippen MR) is 88.1 cm³/mol. The average Bonchev–Trinajstić information content (AvgIpc) is 2.51. The van der Waals surface area contributed by atoms with E-state index in [0.29, 0.717) is 13.2 Å². The van der Waals surface area contributed by atoms with Crippen LogP contribution in [-0.4, -0.2) is 19.1 Å². The third-order valence-electron chi connectivity index (χ3n) is 2.69. The molecule has 2 aromatic carbocycles. The van der Waals surface area contributed by atoms with Gasteiger partial charge in [0, 0.05) is 10.5 Å². The highest BCUT2D eigenvalue weighted by Gasteiger charge is 1.97. The third-order valence-corrected chi connectivity index (χ3v) is 3.19. The number of ether oxygens (including phenoxy) is 1. The van der Waals surface area contributed by atoms with E-state index in [0.717, 1.165) is 15.8 Å². The summed E-state index contributed by atoms with van der Waals surface area (Å²) in [6, 6.07) is 17.3. The first kappa shape index (κ1) is 15.3. The minimum atomic E-state index is -0.128. The van der Waals surface area contributed by atoms with E-state index in [1.807, 2.05) is 54.6 Å². The van der Waals surface area contributed by atoms with Crippen molar-refractivity contribution < 1.29 is 9.53 Å². The van der Waals surface area contributed by atoms with Gasteiger partial charge in [-0.15, -0.1) is 0 Å². The second-order valence-electron chi connectivity index (χ2n) is 4.34. The van der Waals surface area contributed by atoms with Crippen molar-refractivity contribution in [2.75, 3.05) is 13.2 Å². The summed E-state index contributed by atoms with van der Waals surface area (Å²) in [4.78, 5) is 11.6. The number of hydrogen-bond acceptors (Lipinski definition) is 2. The molecule has 4 heteroatoms. The molecule has 0 saturated carbocycles. The van der Waals surface area contributed by atoms with Gasteiger partial charge in [-0.05, 0) is 29.8 Å². The van der Waals surface area contributed by atoms with Gasteiger partial charge in [0.2, 0.25) is 5.91 Å². The van der Waals surface area contributed by atoms with Crippen LogP contribution in [0.25, 0.3) is 6.08 Å². The normalized spacial score (nSPS) is 10.5. The quantitative estimate of drug-likeness (QED) is 0.640. The maximum Gasteiger partial charge on any atom is 0.244 e. The van der Waals surface area contributed by atoms with Crippen LogP contribution in [0, 0.1) is 0 Å².